The number of rotatable bonds is 5. The molecule has 0 bridgehead atoms. The molecule has 0 aliphatic carbocycles. The SMILES string of the molecule is Cc1nc2c(C(=O)O)cc(-c3ccc(-c4cccc(NC(=O)[C@@H]5CCCN5)c4)cc3)cc2[nH]1. The molecule has 33 heavy (non-hydrogen) atoms. The van der Waals surface area contributed by atoms with Crippen LogP contribution >= 0.6 is 0 Å². The highest BCUT2D eigenvalue weighted by Crippen LogP contribution is 2.30. The van der Waals surface area contributed by atoms with E-state index >= 15 is 0 Å². The number of aromatic nitrogens is 2. The summed E-state index contributed by atoms with van der Waals surface area (Å²) in [6.07, 6.45) is 1.88. The second-order valence-corrected chi connectivity index (χ2v) is 8.34. The maximum atomic E-state index is 12.4. The van der Waals surface area contributed by atoms with Crippen molar-refractivity contribution >= 4 is 28.6 Å². The summed E-state index contributed by atoms with van der Waals surface area (Å²) < 4.78 is 0. The Kier molecular flexibility index (Phi) is 5.40. The molecule has 4 aromatic rings. The van der Waals surface area contributed by atoms with E-state index < -0.39 is 5.97 Å². The first-order valence-corrected chi connectivity index (χ1v) is 11.0. The minimum atomic E-state index is -1.00. The lowest BCUT2D eigenvalue weighted by Crippen LogP contribution is -2.35. The second kappa shape index (κ2) is 8.52. The lowest BCUT2D eigenvalue weighted by atomic mass is 9.98. The predicted octanol–water partition coefficient (Wildman–Crippen LogP) is 4.59. The molecule has 1 amide bonds. The standard InChI is InChI=1S/C26H24N4O3/c1-15-28-23-14-19(13-21(26(32)33)24(23)29-15)17-9-7-16(8-10-17)18-4-2-5-20(12-18)30-25(31)22-6-3-11-27-22/h2,4-5,7-10,12-14,22,27H,3,6,11H2,1H3,(H,28,29)(H,30,31)(H,32,33)/t22-/m0/s1. The minimum absolute atomic E-state index is 0.00123. The number of hydrogen-bond acceptors (Lipinski definition) is 4. The highest BCUT2D eigenvalue weighted by atomic mass is 16.4. The Hall–Kier alpha value is -3.97. The number of aromatic amines is 1. The van der Waals surface area contributed by atoms with Crippen molar-refractivity contribution in [3.63, 3.8) is 0 Å². The zero-order valence-corrected chi connectivity index (χ0v) is 18.2. The number of hydrogen-bond donors (Lipinski definition) is 4. The van der Waals surface area contributed by atoms with Crippen LogP contribution in [0.4, 0.5) is 5.69 Å². The Balaban J connectivity index is 1.41. The Morgan fingerprint density at radius 2 is 1.76 bits per heavy atom. The number of carboxylic acid groups (broad SMARTS) is 1. The van der Waals surface area contributed by atoms with Crippen LogP contribution in [0, 0.1) is 6.92 Å². The third-order valence-electron chi connectivity index (χ3n) is 5.99. The van der Waals surface area contributed by atoms with Crippen molar-refractivity contribution < 1.29 is 14.7 Å². The molecule has 1 aliphatic heterocycles. The highest BCUT2D eigenvalue weighted by Gasteiger charge is 2.22. The zero-order chi connectivity index (χ0) is 22.9. The van der Waals surface area contributed by atoms with Crippen molar-refractivity contribution in [3.05, 3.63) is 72.1 Å². The fourth-order valence-corrected chi connectivity index (χ4v) is 4.34. The summed E-state index contributed by atoms with van der Waals surface area (Å²) in [7, 11) is 0. The van der Waals surface area contributed by atoms with Crippen molar-refractivity contribution in [3.8, 4) is 22.3 Å². The molecule has 1 saturated heterocycles. The van der Waals surface area contributed by atoms with Crippen LogP contribution < -0.4 is 10.6 Å². The number of nitrogens with one attached hydrogen (secondary N) is 3. The number of fused-ring (bicyclic) bond motifs is 1. The van der Waals surface area contributed by atoms with Gasteiger partial charge >= 0.3 is 5.97 Å². The quantitative estimate of drug-likeness (QED) is 0.363. The zero-order valence-electron chi connectivity index (χ0n) is 18.2. The van der Waals surface area contributed by atoms with Crippen LogP contribution in [0.2, 0.25) is 0 Å². The molecular formula is C26H24N4O3. The number of imidazole rings is 1. The molecule has 0 radical (unpaired) electrons. The first kappa shape index (κ1) is 20.9. The molecule has 7 nitrogen and oxygen atoms in total. The van der Waals surface area contributed by atoms with Gasteiger partial charge in [-0.2, -0.15) is 0 Å². The number of amides is 1. The summed E-state index contributed by atoms with van der Waals surface area (Å²) in [6.45, 7) is 2.69. The summed E-state index contributed by atoms with van der Waals surface area (Å²) in [5.74, 6) is -0.328. The van der Waals surface area contributed by atoms with E-state index in [1.54, 1.807) is 13.0 Å². The molecule has 166 valence electrons. The number of anilines is 1. The lowest BCUT2D eigenvalue weighted by molar-refractivity contribution is -0.117. The van der Waals surface area contributed by atoms with Crippen LogP contribution in [0.5, 0.6) is 0 Å². The van der Waals surface area contributed by atoms with Gasteiger partial charge < -0.3 is 20.7 Å². The Morgan fingerprint density at radius 1 is 1.00 bits per heavy atom. The lowest BCUT2D eigenvalue weighted by Gasteiger charge is -2.12. The third kappa shape index (κ3) is 4.23. The number of carbonyl (C=O) groups excluding carboxylic acids is 1. The van der Waals surface area contributed by atoms with Gasteiger partial charge in [-0.05, 0) is 72.8 Å². The van der Waals surface area contributed by atoms with Crippen molar-refractivity contribution in [2.24, 2.45) is 0 Å². The number of aryl methyl sites for hydroxylation is 1. The van der Waals surface area contributed by atoms with Gasteiger partial charge in [-0.15, -0.1) is 0 Å². The summed E-state index contributed by atoms with van der Waals surface area (Å²) in [4.78, 5) is 31.6. The van der Waals surface area contributed by atoms with Gasteiger partial charge in [0.1, 0.15) is 11.3 Å². The largest absolute Gasteiger partial charge is 0.478 e. The normalized spacial score (nSPS) is 15.6. The first-order valence-electron chi connectivity index (χ1n) is 11.0. The molecule has 4 N–H and O–H groups in total. The van der Waals surface area contributed by atoms with Crippen LogP contribution in [-0.2, 0) is 4.79 Å². The van der Waals surface area contributed by atoms with Crippen LogP contribution in [0.3, 0.4) is 0 Å². The summed E-state index contributed by atoms with van der Waals surface area (Å²) in [5.41, 5.74) is 5.82. The van der Waals surface area contributed by atoms with Crippen molar-refractivity contribution in [2.75, 3.05) is 11.9 Å². The number of carbonyl (C=O) groups is 2. The van der Waals surface area contributed by atoms with E-state index in [1.807, 2.05) is 54.6 Å². The fraction of sp³-hybridized carbons (Fsp3) is 0.192. The van der Waals surface area contributed by atoms with E-state index in [1.165, 1.54) is 0 Å². The van der Waals surface area contributed by atoms with Gasteiger partial charge in [0.15, 0.2) is 0 Å². The van der Waals surface area contributed by atoms with Crippen molar-refractivity contribution in [2.45, 2.75) is 25.8 Å². The molecule has 0 spiro atoms. The molecule has 3 aromatic carbocycles. The van der Waals surface area contributed by atoms with E-state index in [2.05, 4.69) is 20.6 Å². The molecule has 1 fully saturated rings. The average molecular weight is 441 g/mol. The van der Waals surface area contributed by atoms with E-state index in [9.17, 15) is 14.7 Å². The number of aromatic carboxylic acids is 1. The van der Waals surface area contributed by atoms with Gasteiger partial charge in [0.05, 0.1) is 17.1 Å². The minimum Gasteiger partial charge on any atom is -0.478 e. The molecule has 1 aromatic heterocycles. The van der Waals surface area contributed by atoms with Gasteiger partial charge in [0.25, 0.3) is 0 Å². The maximum Gasteiger partial charge on any atom is 0.337 e. The molecule has 5 rings (SSSR count). The molecule has 0 saturated carbocycles. The number of benzene rings is 3. The molecule has 0 unspecified atom stereocenters. The van der Waals surface area contributed by atoms with Gasteiger partial charge in [0, 0.05) is 5.69 Å². The maximum absolute atomic E-state index is 12.4. The van der Waals surface area contributed by atoms with Gasteiger partial charge in [-0.1, -0.05) is 36.4 Å². The predicted molar refractivity (Wildman–Crippen MR) is 128 cm³/mol. The van der Waals surface area contributed by atoms with Crippen LogP contribution in [0.1, 0.15) is 29.0 Å². The van der Waals surface area contributed by atoms with E-state index in [0.717, 1.165) is 47.3 Å². The van der Waals surface area contributed by atoms with Gasteiger partial charge in [0.2, 0.25) is 5.91 Å². The van der Waals surface area contributed by atoms with Crippen LogP contribution in [0.15, 0.2) is 60.7 Å². The summed E-state index contributed by atoms with van der Waals surface area (Å²) in [5, 5.41) is 15.8. The number of H-pyrrole nitrogens is 1. The van der Waals surface area contributed by atoms with Crippen molar-refractivity contribution in [1.82, 2.24) is 15.3 Å². The van der Waals surface area contributed by atoms with E-state index in [4.69, 9.17) is 0 Å². The molecule has 2 heterocycles. The number of nitrogens with zero attached hydrogens (tertiary/aromatic N) is 1. The Morgan fingerprint density at radius 3 is 2.45 bits per heavy atom. The van der Waals surface area contributed by atoms with E-state index in [-0.39, 0.29) is 17.5 Å². The average Bonchev–Trinajstić information content (AvgIpc) is 3.48. The summed E-state index contributed by atoms with van der Waals surface area (Å²) >= 11 is 0. The van der Waals surface area contributed by atoms with Crippen LogP contribution in [0.25, 0.3) is 33.3 Å². The topological polar surface area (TPSA) is 107 Å². The van der Waals surface area contributed by atoms with Gasteiger partial charge in [-0.25, -0.2) is 9.78 Å². The molecular weight excluding hydrogens is 416 g/mol. The van der Waals surface area contributed by atoms with Gasteiger partial charge in [-0.3, -0.25) is 4.79 Å². The second-order valence-electron chi connectivity index (χ2n) is 8.34. The number of carboxylic acids is 1. The van der Waals surface area contributed by atoms with Crippen molar-refractivity contribution in [1.29, 1.82) is 0 Å². The molecule has 1 aliphatic rings. The smallest absolute Gasteiger partial charge is 0.337 e. The Bertz CT molecular complexity index is 1350. The summed E-state index contributed by atoms with van der Waals surface area (Å²) in [6, 6.07) is 19.2. The van der Waals surface area contributed by atoms with Crippen LogP contribution in [-0.4, -0.2) is 39.5 Å². The fourth-order valence-electron chi connectivity index (χ4n) is 4.34. The first-order chi connectivity index (χ1) is 16.0. The monoisotopic (exact) mass is 440 g/mol. The molecule has 1 atom stereocenters. The Labute approximate surface area is 190 Å². The third-order valence-corrected chi connectivity index (χ3v) is 5.99. The molecule has 7 heteroatoms. The van der Waals surface area contributed by atoms with E-state index in [0.29, 0.717) is 16.9 Å². The highest BCUT2D eigenvalue weighted by molar-refractivity contribution is 6.03.